The summed E-state index contributed by atoms with van der Waals surface area (Å²) in [5.41, 5.74) is 1.16. The van der Waals surface area contributed by atoms with Crippen molar-refractivity contribution in [3.63, 3.8) is 0 Å². The van der Waals surface area contributed by atoms with E-state index in [0.29, 0.717) is 0 Å². The molecule has 2 N–H and O–H groups in total. The molecule has 0 amide bonds. The Labute approximate surface area is 137 Å². The number of aromatic nitrogens is 1. The Morgan fingerprint density at radius 3 is 2.71 bits per heavy atom. The molecule has 0 unspecified atom stereocenters. The first-order valence-corrected chi connectivity index (χ1v) is 9.82. The van der Waals surface area contributed by atoms with Crippen LogP contribution in [0.2, 0.25) is 0 Å². The number of thioether (sulfide) groups is 1. The van der Waals surface area contributed by atoms with E-state index in [0.717, 1.165) is 44.1 Å². The van der Waals surface area contributed by atoms with Gasteiger partial charge in [-0.25, -0.2) is 4.98 Å². The Morgan fingerprint density at radius 1 is 1.29 bits per heavy atom. The zero-order valence-electron chi connectivity index (χ0n) is 13.7. The van der Waals surface area contributed by atoms with E-state index < -0.39 is 0 Å². The first-order chi connectivity index (χ1) is 10.2. The summed E-state index contributed by atoms with van der Waals surface area (Å²) >= 11 is 3.69. The van der Waals surface area contributed by atoms with Crippen LogP contribution < -0.4 is 10.6 Å². The summed E-state index contributed by atoms with van der Waals surface area (Å²) < 4.78 is 0. The molecular formula is C15H28N4S2. The first-order valence-electron chi connectivity index (χ1n) is 7.61. The number of aliphatic imine (C=N–C) groups is 1. The molecule has 21 heavy (non-hydrogen) atoms. The van der Waals surface area contributed by atoms with Gasteiger partial charge in [0.2, 0.25) is 0 Å². The summed E-state index contributed by atoms with van der Waals surface area (Å²) in [6.45, 7) is 8.96. The fraction of sp³-hybridized carbons (Fsp3) is 0.733. The van der Waals surface area contributed by atoms with Gasteiger partial charge in [0, 0.05) is 30.9 Å². The van der Waals surface area contributed by atoms with Crippen molar-refractivity contribution in [1.29, 1.82) is 0 Å². The molecule has 1 aromatic heterocycles. The van der Waals surface area contributed by atoms with Gasteiger partial charge >= 0.3 is 0 Å². The van der Waals surface area contributed by atoms with Crippen molar-refractivity contribution in [2.75, 3.05) is 31.6 Å². The number of hydrogen-bond donors (Lipinski definition) is 2. The maximum absolute atomic E-state index is 4.61. The Kier molecular flexibility index (Phi) is 9.50. The van der Waals surface area contributed by atoms with Crippen LogP contribution in [-0.2, 0) is 6.42 Å². The second kappa shape index (κ2) is 10.9. The van der Waals surface area contributed by atoms with Crippen LogP contribution in [0.4, 0.5) is 0 Å². The molecule has 4 nitrogen and oxygen atoms in total. The molecule has 0 bridgehead atoms. The van der Waals surface area contributed by atoms with E-state index >= 15 is 0 Å². The van der Waals surface area contributed by atoms with Crippen molar-refractivity contribution in [3.8, 4) is 0 Å². The number of unbranched alkanes of at least 4 members (excludes halogenated alkanes) is 1. The zero-order chi connectivity index (χ0) is 15.5. The van der Waals surface area contributed by atoms with Gasteiger partial charge < -0.3 is 10.6 Å². The van der Waals surface area contributed by atoms with Gasteiger partial charge in [0.05, 0.1) is 10.7 Å². The third kappa shape index (κ3) is 7.71. The Hall–Kier alpha value is -0.750. The van der Waals surface area contributed by atoms with Gasteiger partial charge in [-0.05, 0) is 45.6 Å². The van der Waals surface area contributed by atoms with Crippen LogP contribution in [0.3, 0.4) is 0 Å². The Morgan fingerprint density at radius 2 is 2.10 bits per heavy atom. The van der Waals surface area contributed by atoms with Crippen LogP contribution in [0, 0.1) is 13.8 Å². The van der Waals surface area contributed by atoms with Crippen LogP contribution in [0.1, 0.15) is 35.3 Å². The highest BCUT2D eigenvalue weighted by Crippen LogP contribution is 2.16. The van der Waals surface area contributed by atoms with E-state index in [-0.39, 0.29) is 0 Å². The molecule has 1 heterocycles. The summed E-state index contributed by atoms with van der Waals surface area (Å²) in [6.07, 6.45) is 5.50. The largest absolute Gasteiger partial charge is 0.357 e. The topological polar surface area (TPSA) is 49.3 Å². The molecule has 0 fully saturated rings. The normalized spacial score (nSPS) is 11.7. The number of guanidine groups is 1. The lowest BCUT2D eigenvalue weighted by molar-refractivity contribution is 0.769. The fourth-order valence-electron chi connectivity index (χ4n) is 1.82. The average Bonchev–Trinajstić information content (AvgIpc) is 2.77. The van der Waals surface area contributed by atoms with E-state index in [1.807, 2.05) is 11.8 Å². The van der Waals surface area contributed by atoms with Gasteiger partial charge in [0.15, 0.2) is 5.96 Å². The lowest BCUT2D eigenvalue weighted by Gasteiger charge is -2.10. The predicted molar refractivity (Wildman–Crippen MR) is 96.9 cm³/mol. The van der Waals surface area contributed by atoms with Gasteiger partial charge in [0.1, 0.15) is 0 Å². The van der Waals surface area contributed by atoms with Crippen LogP contribution in [0.15, 0.2) is 4.99 Å². The van der Waals surface area contributed by atoms with Crippen molar-refractivity contribution in [2.45, 2.75) is 40.0 Å². The van der Waals surface area contributed by atoms with Gasteiger partial charge in [-0.15, -0.1) is 11.3 Å². The third-order valence-corrected chi connectivity index (χ3v) is 4.90. The van der Waals surface area contributed by atoms with Crippen molar-refractivity contribution < 1.29 is 0 Å². The SMILES string of the molecule is CCNC(=NCCCCSC)NCCc1nc(C)c(C)s1. The summed E-state index contributed by atoms with van der Waals surface area (Å²) in [6, 6.07) is 0. The number of nitrogens with zero attached hydrogens (tertiary/aromatic N) is 2. The first kappa shape index (κ1) is 18.3. The molecule has 1 rings (SSSR count). The molecule has 0 aliphatic carbocycles. The standard InChI is InChI=1S/C15H28N4S2/c1-5-16-15(17-9-6-7-11-20-4)18-10-8-14-19-12(2)13(3)21-14/h5-11H2,1-4H3,(H2,16,17,18). The monoisotopic (exact) mass is 328 g/mol. The molecule has 0 spiro atoms. The van der Waals surface area contributed by atoms with Crippen LogP contribution in [0.5, 0.6) is 0 Å². The molecule has 120 valence electrons. The number of nitrogens with one attached hydrogen (secondary N) is 2. The van der Waals surface area contributed by atoms with Gasteiger partial charge in [-0.2, -0.15) is 11.8 Å². The Bertz CT molecular complexity index is 410. The quantitative estimate of drug-likeness (QED) is 0.416. The minimum absolute atomic E-state index is 0.878. The average molecular weight is 329 g/mol. The molecule has 0 radical (unpaired) electrons. The Balaban J connectivity index is 2.31. The van der Waals surface area contributed by atoms with Crippen LogP contribution >= 0.6 is 23.1 Å². The third-order valence-electron chi connectivity index (χ3n) is 3.07. The van der Waals surface area contributed by atoms with Gasteiger partial charge in [-0.1, -0.05) is 0 Å². The van der Waals surface area contributed by atoms with Crippen molar-refractivity contribution in [1.82, 2.24) is 15.6 Å². The number of hydrogen-bond acceptors (Lipinski definition) is 4. The van der Waals surface area contributed by atoms with E-state index in [1.54, 1.807) is 11.3 Å². The molecule has 0 saturated carbocycles. The predicted octanol–water partition coefficient (Wildman–Crippen LogP) is 3.00. The molecule has 0 saturated heterocycles. The maximum atomic E-state index is 4.61. The van der Waals surface area contributed by atoms with Crippen molar-refractivity contribution in [3.05, 3.63) is 15.6 Å². The second-order valence-electron chi connectivity index (χ2n) is 4.89. The number of aryl methyl sites for hydroxylation is 2. The maximum Gasteiger partial charge on any atom is 0.191 e. The minimum atomic E-state index is 0.878. The number of rotatable bonds is 9. The molecular weight excluding hydrogens is 300 g/mol. The summed E-state index contributed by atoms with van der Waals surface area (Å²) in [5.74, 6) is 2.15. The second-order valence-corrected chi connectivity index (χ2v) is 7.16. The molecule has 0 aliphatic heterocycles. The summed E-state index contributed by atoms with van der Waals surface area (Å²) in [7, 11) is 0. The minimum Gasteiger partial charge on any atom is -0.357 e. The smallest absolute Gasteiger partial charge is 0.191 e. The van der Waals surface area contributed by atoms with Gasteiger partial charge in [0.25, 0.3) is 0 Å². The van der Waals surface area contributed by atoms with E-state index in [1.165, 1.54) is 22.1 Å². The van der Waals surface area contributed by atoms with E-state index in [4.69, 9.17) is 0 Å². The zero-order valence-corrected chi connectivity index (χ0v) is 15.3. The van der Waals surface area contributed by atoms with Crippen LogP contribution in [0.25, 0.3) is 0 Å². The summed E-state index contributed by atoms with van der Waals surface area (Å²) in [5, 5.41) is 7.88. The molecule has 0 aliphatic rings. The highest BCUT2D eigenvalue weighted by molar-refractivity contribution is 7.98. The molecule has 6 heteroatoms. The van der Waals surface area contributed by atoms with E-state index in [2.05, 4.69) is 47.6 Å². The number of thiazole rings is 1. The highest BCUT2D eigenvalue weighted by atomic mass is 32.2. The van der Waals surface area contributed by atoms with Gasteiger partial charge in [-0.3, -0.25) is 4.99 Å². The summed E-state index contributed by atoms with van der Waals surface area (Å²) in [4.78, 5) is 10.5. The molecule has 0 aromatic carbocycles. The lowest BCUT2D eigenvalue weighted by Crippen LogP contribution is -2.38. The molecule has 1 aromatic rings. The highest BCUT2D eigenvalue weighted by Gasteiger charge is 2.04. The van der Waals surface area contributed by atoms with Crippen LogP contribution in [-0.4, -0.2) is 42.6 Å². The van der Waals surface area contributed by atoms with E-state index in [9.17, 15) is 0 Å². The lowest BCUT2D eigenvalue weighted by atomic mass is 10.3. The van der Waals surface area contributed by atoms with Crippen molar-refractivity contribution >= 4 is 29.1 Å². The fourth-order valence-corrected chi connectivity index (χ4v) is 3.25. The van der Waals surface area contributed by atoms with Crippen molar-refractivity contribution in [2.24, 2.45) is 4.99 Å². The molecule has 0 atom stereocenters.